The molecule has 0 fully saturated rings. The maximum atomic E-state index is 15.2. The number of carbonyl (C=O) groups excluding carboxylic acids is 12. The van der Waals surface area contributed by atoms with Gasteiger partial charge < -0.3 is 95.0 Å². The number of benzene rings is 3. The molecule has 12 atom stereocenters. The molecule has 33 nitrogen and oxygen atoms in total. The molecule has 7 rings (SSSR count). The largest absolute Gasteiger partial charge is 0.508 e. The molecule has 2 bridgehead atoms. The van der Waals surface area contributed by atoms with Crippen LogP contribution in [0.2, 0.25) is 0 Å². The number of nitrogens with two attached hydrogens (primary N) is 2. The van der Waals surface area contributed by atoms with Gasteiger partial charge in [0.05, 0.1) is 18.5 Å². The number of aromatic amines is 2. The highest BCUT2D eigenvalue weighted by atomic mass is 32.2. The Balaban J connectivity index is 1.26. The van der Waals surface area contributed by atoms with Crippen LogP contribution in [0, 0.1) is 11.3 Å². The molecule has 1 aliphatic rings. The number of H-pyrrole nitrogens is 2. The van der Waals surface area contributed by atoms with Crippen molar-refractivity contribution >= 4 is 111 Å². The Morgan fingerprint density at radius 2 is 1.14 bits per heavy atom. The number of phenols is 2. The number of carboxylic acid groups (broad SMARTS) is 1. The predicted molar refractivity (Wildman–Crippen MR) is 427 cm³/mol. The number of aromatic nitrogens is 4. The number of primary amides is 1. The van der Waals surface area contributed by atoms with Gasteiger partial charge in [-0.1, -0.05) is 89.6 Å². The average Bonchev–Trinajstić information content (AvgIpc) is 1.33. The summed E-state index contributed by atoms with van der Waals surface area (Å²) in [5, 5.41) is 69.2. The number of thioether (sulfide) groups is 2. The first-order valence-corrected chi connectivity index (χ1v) is 40.3. The molecule has 3 aromatic carbocycles. The van der Waals surface area contributed by atoms with E-state index < -0.39 is 174 Å². The number of nitrogens with zero attached hydrogens (tertiary/aromatic N) is 2. The number of imidazole rings is 1. The van der Waals surface area contributed by atoms with Crippen LogP contribution in [0.15, 0.2) is 110 Å². The number of unbranched alkanes of at least 4 members (excludes halogenated alkanes) is 1. The number of phenolic OH excluding ortho intramolecular Hbond substituents is 2. The van der Waals surface area contributed by atoms with Crippen molar-refractivity contribution in [3.05, 3.63) is 143 Å². The van der Waals surface area contributed by atoms with Crippen LogP contribution in [-0.2, 0) is 99.5 Å². The molecule has 4 heterocycles. The minimum atomic E-state index is -1.91. The minimum absolute atomic E-state index is 0.0233. The van der Waals surface area contributed by atoms with Crippen LogP contribution < -0.4 is 64.6 Å². The lowest BCUT2D eigenvalue weighted by Crippen LogP contribution is -2.63. The second kappa shape index (κ2) is 44.5. The lowest BCUT2D eigenvalue weighted by molar-refractivity contribution is -0.139. The molecule has 20 N–H and O–H groups in total. The fourth-order valence-electron chi connectivity index (χ4n) is 12.7. The van der Waals surface area contributed by atoms with Gasteiger partial charge in [0.2, 0.25) is 65.0 Å². The van der Waals surface area contributed by atoms with Crippen molar-refractivity contribution in [2.24, 2.45) is 22.8 Å². The Morgan fingerprint density at radius 1 is 0.596 bits per heavy atom. The Bertz CT molecular complexity index is 4270. The van der Waals surface area contributed by atoms with E-state index in [1.807, 2.05) is 24.3 Å². The molecule has 0 saturated carbocycles. The van der Waals surface area contributed by atoms with E-state index in [0.29, 0.717) is 63.5 Å². The van der Waals surface area contributed by atoms with Gasteiger partial charge in [0, 0.05) is 104 Å². The zero-order valence-corrected chi connectivity index (χ0v) is 66.4. The summed E-state index contributed by atoms with van der Waals surface area (Å²) in [6.07, 6.45) is 1.96. The molecular formula is C79H106N16O17S2. The Hall–Kier alpha value is -10.9. The van der Waals surface area contributed by atoms with Gasteiger partial charge in [0.15, 0.2) is 5.78 Å². The van der Waals surface area contributed by atoms with Gasteiger partial charge in [-0.05, 0) is 122 Å². The van der Waals surface area contributed by atoms with Crippen molar-refractivity contribution in [3.63, 3.8) is 0 Å². The summed E-state index contributed by atoms with van der Waals surface area (Å²) in [5.41, 5.74) is 14.5. The first-order valence-electron chi connectivity index (χ1n) is 37.9. The normalized spacial score (nSPS) is 23.2. The van der Waals surface area contributed by atoms with Crippen molar-refractivity contribution < 1.29 is 82.8 Å². The van der Waals surface area contributed by atoms with Gasteiger partial charge in [-0.25, -0.2) is 9.97 Å². The van der Waals surface area contributed by atoms with E-state index in [-0.39, 0.29) is 81.6 Å². The average molecular weight is 1620 g/mol. The molecule has 1 aliphatic heterocycles. The summed E-state index contributed by atoms with van der Waals surface area (Å²) in [7, 11) is 0. The predicted octanol–water partition coefficient (Wildman–Crippen LogP) is 2.08. The number of fused-ring (bicyclic) bond motifs is 3. The van der Waals surface area contributed by atoms with E-state index in [0.717, 1.165) is 11.1 Å². The van der Waals surface area contributed by atoms with Crippen molar-refractivity contribution in [1.29, 1.82) is 0 Å². The zero-order chi connectivity index (χ0) is 83.2. The van der Waals surface area contributed by atoms with Gasteiger partial charge in [-0.3, -0.25) is 62.3 Å². The van der Waals surface area contributed by atoms with Crippen LogP contribution in [0.25, 0.3) is 11.0 Å². The highest BCUT2D eigenvalue weighted by Gasteiger charge is 2.40. The van der Waals surface area contributed by atoms with E-state index >= 15 is 4.79 Å². The van der Waals surface area contributed by atoms with Crippen molar-refractivity contribution in [2.45, 2.75) is 209 Å². The van der Waals surface area contributed by atoms with Gasteiger partial charge in [0.1, 0.15) is 71.5 Å². The smallest absolute Gasteiger partial charge is 0.303 e. The summed E-state index contributed by atoms with van der Waals surface area (Å²) in [4.78, 5) is 201. The summed E-state index contributed by atoms with van der Waals surface area (Å²) >= 11 is 2.77. The number of aliphatic hydroxyl groups excluding tert-OH is 1. The molecule has 35 heteroatoms. The van der Waals surface area contributed by atoms with Crippen molar-refractivity contribution in [2.75, 3.05) is 18.1 Å². The molecule has 6 aromatic rings. The number of amides is 11. The Labute approximate surface area is 669 Å². The number of pyridine rings is 1. The second-order valence-electron chi connectivity index (χ2n) is 29.3. The molecule has 0 saturated heterocycles. The van der Waals surface area contributed by atoms with Gasteiger partial charge in [-0.15, -0.1) is 0 Å². The maximum absolute atomic E-state index is 15.2. The number of ketones is 1. The fourth-order valence-corrected chi connectivity index (χ4v) is 14.6. The number of nitrogens with one attached hydrogen (secondary N) is 12. The summed E-state index contributed by atoms with van der Waals surface area (Å²) in [5.74, 6) is -11.8. The van der Waals surface area contributed by atoms with Crippen LogP contribution in [0.3, 0.4) is 0 Å². The summed E-state index contributed by atoms with van der Waals surface area (Å²) in [6.45, 7) is 9.89. The monoisotopic (exact) mass is 1610 g/mol. The topological polar surface area (TPSA) is 533 Å². The third-order valence-electron chi connectivity index (χ3n) is 19.1. The number of carboxylic acids is 1. The number of carbonyl (C=O) groups is 13. The van der Waals surface area contributed by atoms with Crippen LogP contribution in [0.4, 0.5) is 0 Å². The zero-order valence-electron chi connectivity index (χ0n) is 64.7. The van der Waals surface area contributed by atoms with E-state index in [1.54, 1.807) is 46.8 Å². The number of hydrogen-bond acceptors (Lipinski definition) is 21. The highest BCUT2D eigenvalue weighted by Crippen LogP contribution is 2.25. The molecule has 0 unspecified atom stereocenters. The van der Waals surface area contributed by atoms with Gasteiger partial charge in [0.25, 0.3) is 0 Å². The molecule has 3 aromatic heterocycles. The van der Waals surface area contributed by atoms with Crippen LogP contribution in [0.5, 0.6) is 11.5 Å². The molecule has 616 valence electrons. The number of hydrogen-bond donors (Lipinski definition) is 18. The number of aliphatic hydroxyl groups is 1. The fraction of sp³-hybridized carbons (Fsp3) is 0.481. The molecule has 0 radical (unpaired) electrons. The Kier molecular flexibility index (Phi) is 35.3. The van der Waals surface area contributed by atoms with E-state index in [9.17, 15) is 78.0 Å². The number of Topliss-reactive ketones (excluding diaryl/α,β-unsaturated/α-hetero) is 1. The molecule has 0 spiro atoms. The third kappa shape index (κ3) is 28.6. The van der Waals surface area contributed by atoms with E-state index in [4.69, 9.17) is 11.5 Å². The molecule has 114 heavy (non-hydrogen) atoms. The van der Waals surface area contributed by atoms with Crippen LogP contribution >= 0.6 is 23.5 Å². The molecular weight excluding hydrogens is 1510 g/mol. The first-order chi connectivity index (χ1) is 54.3. The standard InChI is InChI=1S/C79H106N16O17S2/c1-7-13-55-63(99)36-49(8-2)70(104)93-62(68(81)103)42-114-41-48-15-11-14-47(32-48)40-113-31-28-64(100)94-67(79(4,5)6)78(112)92-59(34-46-20-24-53(98)25-21-46)74(108)90-61(37-51-39-82-43-85-51)76(110)95-66(44(3)96)77(111)91-60(35-50-38-84-69-54(50)16-12-30-83-69)75(109)87-56(17-9-10-29-80)71(105)88-57(26-27-65(101)102)72(106)89-58(73(107)86-55)33-45-18-22-52(97)23-19-45/h11-12,14-16,18-25,30,32,38-39,43-44,49,55-62,66-67,96-98H,7-10,13,17,26-29,31,33-37,40-42,80H2,1-6H3,(H2,81,103)(H,82,85)(H,83,84)(H,86,107)(H,87,109)(H,88,105)(H,89,106)(H,90,108)(H,91,111)(H,92,112)(H,93,104)(H,94,100)(H,95,110)(H,101,102)/t44-,49-,55+,56+,57+,58+,59+,60+,61+,62+,66+,67-/m1/s1. The van der Waals surface area contributed by atoms with E-state index in [1.165, 1.54) is 104 Å². The number of aliphatic carboxylic acids is 1. The number of aromatic hydroxyl groups is 2. The summed E-state index contributed by atoms with van der Waals surface area (Å²) in [6, 6.07) is 7.10. The Morgan fingerprint density at radius 3 is 1.69 bits per heavy atom. The van der Waals surface area contributed by atoms with Gasteiger partial charge >= 0.3 is 5.97 Å². The molecule has 0 aliphatic carbocycles. The first kappa shape index (κ1) is 90.3. The molecule has 11 amide bonds. The van der Waals surface area contributed by atoms with Gasteiger partial charge in [-0.2, -0.15) is 23.5 Å². The quantitative estimate of drug-likeness (QED) is 0.0486. The SMILES string of the molecule is CCC[C@@H]1NC(=O)[C@H](Cc2ccc(O)cc2)NC(=O)[C@H](CCC(=O)O)NC(=O)[C@H](CCCCN)NC(=O)[C@H](Cc2c[nH]c3ncccc23)NC(=O)[C@H]([C@@H](C)O)NC(=O)[C@H](Cc2cnc[nH]2)NC(=O)[C@H](Cc2ccc(O)cc2)NC(=O)[C@H](C(C)(C)C)NC(=O)CCSCc2cccc(c2)CSC[C@@H](C(N)=O)NC(=O)[C@H](CC)CC1=O. The van der Waals surface area contributed by atoms with Crippen LogP contribution in [0.1, 0.15) is 139 Å². The summed E-state index contributed by atoms with van der Waals surface area (Å²) < 4.78 is 0. The minimum Gasteiger partial charge on any atom is -0.508 e. The van der Waals surface area contributed by atoms with Crippen LogP contribution in [-0.4, -0.2) is 202 Å². The van der Waals surface area contributed by atoms with Crippen molar-refractivity contribution in [3.8, 4) is 11.5 Å². The highest BCUT2D eigenvalue weighted by molar-refractivity contribution is 7.98. The lowest BCUT2D eigenvalue weighted by Gasteiger charge is -2.32. The lowest BCUT2D eigenvalue weighted by atomic mass is 9.85. The number of rotatable bonds is 20. The second-order valence-corrected chi connectivity index (χ2v) is 31.5. The third-order valence-corrected chi connectivity index (χ3v) is 21.3. The maximum Gasteiger partial charge on any atom is 0.303 e. The van der Waals surface area contributed by atoms with Crippen molar-refractivity contribution in [1.82, 2.24) is 73.1 Å². The van der Waals surface area contributed by atoms with E-state index in [2.05, 4.69) is 73.1 Å².